The third-order valence-corrected chi connectivity index (χ3v) is 5.81. The van der Waals surface area contributed by atoms with Crippen molar-refractivity contribution < 1.29 is 19.2 Å². The zero-order chi connectivity index (χ0) is 27.9. The molecule has 2 heterocycles. The van der Waals surface area contributed by atoms with Crippen molar-refractivity contribution in [3.05, 3.63) is 106 Å². The summed E-state index contributed by atoms with van der Waals surface area (Å²) < 4.78 is 13.1. The Kier molecular flexibility index (Phi) is 8.02. The highest BCUT2D eigenvalue weighted by Gasteiger charge is 2.15. The normalized spacial score (nSPS) is 11.0. The van der Waals surface area contributed by atoms with Crippen LogP contribution in [0.1, 0.15) is 23.9 Å². The van der Waals surface area contributed by atoms with Crippen molar-refractivity contribution in [2.45, 2.75) is 20.8 Å². The van der Waals surface area contributed by atoms with Gasteiger partial charge in [0.15, 0.2) is 0 Å². The Labute approximate surface area is 224 Å². The van der Waals surface area contributed by atoms with Crippen LogP contribution >= 0.6 is 0 Å². The molecule has 196 valence electrons. The van der Waals surface area contributed by atoms with Crippen LogP contribution in [0.4, 0.5) is 11.4 Å². The van der Waals surface area contributed by atoms with Crippen LogP contribution in [0, 0.1) is 35.3 Å². The van der Waals surface area contributed by atoms with Gasteiger partial charge in [0.2, 0.25) is 5.88 Å². The number of anilines is 1. The van der Waals surface area contributed by atoms with Crippen molar-refractivity contribution in [1.82, 2.24) is 9.55 Å². The molecular weight excluding hydrogens is 498 g/mol. The molecule has 1 amide bonds. The number of aryl methyl sites for hydroxylation is 1. The zero-order valence-corrected chi connectivity index (χ0v) is 21.5. The fourth-order valence-electron chi connectivity index (χ4n) is 3.96. The Balaban J connectivity index is 1.50. The summed E-state index contributed by atoms with van der Waals surface area (Å²) >= 11 is 0. The fraction of sp³-hybridized carbons (Fsp3) is 0.138. The van der Waals surface area contributed by atoms with Gasteiger partial charge in [0.1, 0.15) is 29.3 Å². The van der Waals surface area contributed by atoms with E-state index in [0.29, 0.717) is 23.8 Å². The molecule has 0 radical (unpaired) electrons. The number of hydrogen-bond acceptors (Lipinski definition) is 7. The molecule has 10 nitrogen and oxygen atoms in total. The average molecular weight is 524 g/mol. The van der Waals surface area contributed by atoms with Crippen LogP contribution in [-0.4, -0.2) is 27.0 Å². The van der Waals surface area contributed by atoms with Crippen LogP contribution in [0.15, 0.2) is 78.5 Å². The minimum absolute atomic E-state index is 0.0246. The number of nitrogens with zero attached hydrogens (tertiary/aromatic N) is 4. The number of ether oxygens (including phenoxy) is 2. The molecule has 0 unspecified atom stereocenters. The van der Waals surface area contributed by atoms with Gasteiger partial charge in [-0.25, -0.2) is 4.98 Å². The molecule has 0 atom stereocenters. The minimum atomic E-state index is -0.523. The van der Waals surface area contributed by atoms with Crippen LogP contribution < -0.4 is 14.8 Å². The van der Waals surface area contributed by atoms with Crippen LogP contribution in [0.25, 0.3) is 11.8 Å². The Morgan fingerprint density at radius 1 is 1.10 bits per heavy atom. The van der Waals surface area contributed by atoms with Gasteiger partial charge < -0.3 is 19.4 Å². The Bertz CT molecular complexity index is 1560. The van der Waals surface area contributed by atoms with Crippen molar-refractivity contribution in [3.63, 3.8) is 0 Å². The van der Waals surface area contributed by atoms with Crippen molar-refractivity contribution in [1.29, 1.82) is 5.26 Å². The predicted octanol–water partition coefficient (Wildman–Crippen LogP) is 6.13. The number of rotatable bonds is 9. The number of hydrogen-bond donors (Lipinski definition) is 1. The smallest absolute Gasteiger partial charge is 0.287 e. The molecule has 10 heteroatoms. The molecule has 2 aromatic carbocycles. The first-order valence-corrected chi connectivity index (χ1v) is 12.0. The van der Waals surface area contributed by atoms with E-state index in [1.165, 1.54) is 12.1 Å². The molecule has 0 saturated heterocycles. The number of amides is 1. The van der Waals surface area contributed by atoms with Gasteiger partial charge in [-0.3, -0.25) is 14.9 Å². The van der Waals surface area contributed by atoms with Crippen LogP contribution in [0.3, 0.4) is 0 Å². The van der Waals surface area contributed by atoms with Crippen LogP contribution in [0.5, 0.6) is 17.4 Å². The number of nitriles is 1. The Morgan fingerprint density at radius 3 is 2.38 bits per heavy atom. The van der Waals surface area contributed by atoms with E-state index in [0.717, 1.165) is 28.8 Å². The standard InChI is InChI=1S/C29H25N5O5/c1-4-38-26-10-5-23(6-11-26)32-29(35)22(17-30)16-21-15-19(2)33(20(21)3)24-7-12-27(13-8-24)39-28-14-9-25(18-31-28)34(36)37/h5-16,18H,4H2,1-3H3,(H,32,35)/b22-16-. The maximum absolute atomic E-state index is 12.8. The third-order valence-electron chi connectivity index (χ3n) is 5.81. The Hall–Kier alpha value is -5.43. The molecule has 0 spiro atoms. The lowest BCUT2D eigenvalue weighted by Gasteiger charge is -2.11. The number of carbonyl (C=O) groups excluding carboxylic acids is 1. The van der Waals surface area contributed by atoms with E-state index in [1.54, 1.807) is 42.5 Å². The van der Waals surface area contributed by atoms with Gasteiger partial charge in [0.25, 0.3) is 11.6 Å². The summed E-state index contributed by atoms with van der Waals surface area (Å²) in [5.74, 6) is 0.941. The lowest BCUT2D eigenvalue weighted by molar-refractivity contribution is -0.385. The van der Waals surface area contributed by atoms with Crippen molar-refractivity contribution in [3.8, 4) is 29.1 Å². The molecule has 1 N–H and O–H groups in total. The second kappa shape index (κ2) is 11.7. The number of pyridine rings is 1. The van der Waals surface area contributed by atoms with Gasteiger partial charge in [-0.05, 0) is 87.0 Å². The van der Waals surface area contributed by atoms with Gasteiger partial charge in [0.05, 0.1) is 11.5 Å². The summed E-state index contributed by atoms with van der Waals surface area (Å²) in [6, 6.07) is 20.8. The molecule has 2 aromatic heterocycles. The Morgan fingerprint density at radius 2 is 1.79 bits per heavy atom. The highest BCUT2D eigenvalue weighted by atomic mass is 16.6. The van der Waals surface area contributed by atoms with E-state index in [4.69, 9.17) is 9.47 Å². The number of nitrogens with one attached hydrogen (secondary N) is 1. The maximum Gasteiger partial charge on any atom is 0.287 e. The van der Waals surface area contributed by atoms with E-state index >= 15 is 0 Å². The van der Waals surface area contributed by atoms with Gasteiger partial charge in [-0.2, -0.15) is 5.26 Å². The summed E-state index contributed by atoms with van der Waals surface area (Å²) in [4.78, 5) is 27.0. The van der Waals surface area contributed by atoms with E-state index in [2.05, 4.69) is 10.3 Å². The summed E-state index contributed by atoms with van der Waals surface area (Å²) in [5, 5.41) is 23.2. The molecule has 4 aromatic rings. The summed E-state index contributed by atoms with van der Waals surface area (Å²) in [7, 11) is 0. The second-order valence-electron chi connectivity index (χ2n) is 8.45. The van der Waals surface area contributed by atoms with Crippen molar-refractivity contribution in [2.24, 2.45) is 0 Å². The molecule has 0 fully saturated rings. The second-order valence-corrected chi connectivity index (χ2v) is 8.45. The molecule has 0 aliphatic rings. The summed E-state index contributed by atoms with van der Waals surface area (Å²) in [5.41, 5.74) is 3.76. The predicted molar refractivity (Wildman–Crippen MR) is 146 cm³/mol. The molecule has 0 aliphatic carbocycles. The number of aromatic nitrogens is 2. The maximum atomic E-state index is 12.8. The van der Waals surface area contributed by atoms with E-state index in [-0.39, 0.29) is 17.1 Å². The van der Waals surface area contributed by atoms with Gasteiger partial charge in [0, 0.05) is 34.9 Å². The lowest BCUT2D eigenvalue weighted by Crippen LogP contribution is -2.13. The summed E-state index contributed by atoms with van der Waals surface area (Å²) in [6.07, 6.45) is 2.71. The number of carbonyl (C=O) groups is 1. The minimum Gasteiger partial charge on any atom is -0.494 e. The average Bonchev–Trinajstić information content (AvgIpc) is 3.21. The van der Waals surface area contributed by atoms with Gasteiger partial charge >= 0.3 is 0 Å². The molecule has 0 bridgehead atoms. The van der Waals surface area contributed by atoms with Crippen molar-refractivity contribution >= 4 is 23.4 Å². The third kappa shape index (κ3) is 6.29. The van der Waals surface area contributed by atoms with E-state index in [1.807, 2.05) is 49.6 Å². The topological polar surface area (TPSA) is 132 Å². The summed E-state index contributed by atoms with van der Waals surface area (Å²) in [6.45, 7) is 6.27. The molecule has 4 rings (SSSR count). The highest BCUT2D eigenvalue weighted by Crippen LogP contribution is 2.27. The fourth-order valence-corrected chi connectivity index (χ4v) is 3.96. The van der Waals surface area contributed by atoms with Crippen molar-refractivity contribution in [2.75, 3.05) is 11.9 Å². The molecule has 0 aliphatic heterocycles. The molecule has 0 saturated carbocycles. The van der Waals surface area contributed by atoms with E-state index < -0.39 is 10.8 Å². The zero-order valence-electron chi connectivity index (χ0n) is 21.5. The number of nitro groups is 1. The SMILES string of the molecule is CCOc1ccc(NC(=O)/C(C#N)=C\c2cc(C)n(-c3ccc(Oc4ccc([N+](=O)[O-])cn4)cc3)c2C)cc1. The first-order chi connectivity index (χ1) is 18.8. The van der Waals surface area contributed by atoms with Gasteiger partial charge in [-0.1, -0.05) is 0 Å². The highest BCUT2D eigenvalue weighted by molar-refractivity contribution is 6.09. The molecular formula is C29H25N5O5. The first kappa shape index (κ1) is 26.6. The van der Waals surface area contributed by atoms with Crippen LogP contribution in [0.2, 0.25) is 0 Å². The van der Waals surface area contributed by atoms with Gasteiger partial charge in [-0.15, -0.1) is 0 Å². The molecule has 39 heavy (non-hydrogen) atoms. The van der Waals surface area contributed by atoms with Crippen LogP contribution in [-0.2, 0) is 4.79 Å². The number of benzene rings is 2. The monoisotopic (exact) mass is 523 g/mol. The quantitative estimate of drug-likeness (QED) is 0.121. The van der Waals surface area contributed by atoms with E-state index in [9.17, 15) is 20.2 Å². The largest absolute Gasteiger partial charge is 0.494 e. The first-order valence-electron chi connectivity index (χ1n) is 12.0. The lowest BCUT2D eigenvalue weighted by atomic mass is 10.1.